The van der Waals surface area contributed by atoms with E-state index in [1.54, 1.807) is 0 Å². The lowest BCUT2D eigenvalue weighted by atomic mass is 10.1. The molecule has 0 spiro atoms. The van der Waals surface area contributed by atoms with Gasteiger partial charge < -0.3 is 19.7 Å². The van der Waals surface area contributed by atoms with Crippen LogP contribution in [-0.4, -0.2) is 47.4 Å². The molecule has 1 aliphatic rings. The molecule has 2 rings (SSSR count). The molecule has 23 heavy (non-hydrogen) atoms. The Hall–Kier alpha value is -2.05. The molecule has 1 aliphatic heterocycles. The van der Waals surface area contributed by atoms with Crippen molar-refractivity contribution in [2.45, 2.75) is 52.2 Å². The van der Waals surface area contributed by atoms with E-state index >= 15 is 0 Å². The van der Waals surface area contributed by atoms with Gasteiger partial charge in [-0.15, -0.1) is 0 Å². The van der Waals surface area contributed by atoms with Gasteiger partial charge in [0.25, 0.3) is 0 Å². The number of carbonyl (C=O) groups is 1. The highest BCUT2D eigenvalue weighted by Crippen LogP contribution is 2.20. The maximum atomic E-state index is 11.8. The van der Waals surface area contributed by atoms with Crippen LogP contribution < -0.4 is 15.0 Å². The molecule has 7 heteroatoms. The van der Waals surface area contributed by atoms with Crippen LogP contribution in [0.3, 0.4) is 0 Å². The number of hydrogen-bond acceptors (Lipinski definition) is 6. The molecule has 1 amide bonds. The number of amides is 1. The molecule has 1 aromatic rings. The van der Waals surface area contributed by atoms with E-state index in [1.165, 1.54) is 6.33 Å². The molecular weight excluding hydrogens is 296 g/mol. The van der Waals surface area contributed by atoms with Crippen LogP contribution in [0, 0.1) is 0 Å². The molecular formula is C16H26N4O3. The van der Waals surface area contributed by atoms with Gasteiger partial charge in [-0.05, 0) is 40.5 Å². The normalized spacial score (nSPS) is 16.1. The molecule has 128 valence electrons. The predicted octanol–water partition coefficient (Wildman–Crippen LogP) is 2.37. The van der Waals surface area contributed by atoms with Crippen molar-refractivity contribution in [2.24, 2.45) is 0 Å². The van der Waals surface area contributed by atoms with E-state index in [0.29, 0.717) is 12.5 Å². The molecule has 0 saturated carbocycles. The minimum atomic E-state index is -0.471. The Kier molecular flexibility index (Phi) is 5.63. The second-order valence-electron chi connectivity index (χ2n) is 6.56. The molecule has 1 fully saturated rings. The lowest BCUT2D eigenvalue weighted by molar-refractivity contribution is 0.0497. The summed E-state index contributed by atoms with van der Waals surface area (Å²) < 4.78 is 10.7. The van der Waals surface area contributed by atoms with Crippen molar-refractivity contribution < 1.29 is 14.3 Å². The summed E-state index contributed by atoms with van der Waals surface area (Å²) in [7, 11) is 0. The summed E-state index contributed by atoms with van der Waals surface area (Å²) in [4.78, 5) is 22.4. The van der Waals surface area contributed by atoms with E-state index in [9.17, 15) is 4.79 Å². The Balaban J connectivity index is 1.84. The smallest absolute Gasteiger partial charge is 0.407 e. The lowest BCUT2D eigenvalue weighted by Crippen LogP contribution is -2.46. The van der Waals surface area contributed by atoms with E-state index < -0.39 is 5.60 Å². The molecule has 0 bridgehead atoms. The van der Waals surface area contributed by atoms with E-state index in [0.717, 1.165) is 31.7 Å². The first-order valence-electron chi connectivity index (χ1n) is 8.06. The number of anilines is 1. The number of aromatic nitrogens is 2. The fraction of sp³-hybridized carbons (Fsp3) is 0.688. The molecule has 0 aliphatic carbocycles. The minimum absolute atomic E-state index is 0.134. The Labute approximate surface area is 137 Å². The van der Waals surface area contributed by atoms with E-state index in [-0.39, 0.29) is 12.1 Å². The third kappa shape index (κ3) is 5.58. The van der Waals surface area contributed by atoms with Gasteiger partial charge in [-0.3, -0.25) is 0 Å². The summed E-state index contributed by atoms with van der Waals surface area (Å²) in [6, 6.07) is 1.99. The fourth-order valence-electron chi connectivity index (χ4n) is 2.46. The standard InChI is InChI=1S/C16H26N4O3/c1-5-22-14-10-13(17-11-18-14)20-8-6-12(7-9-20)19-15(21)23-16(2,3)4/h10-12H,5-9H2,1-4H3,(H,19,21). The highest BCUT2D eigenvalue weighted by Gasteiger charge is 2.24. The molecule has 1 aromatic heterocycles. The highest BCUT2D eigenvalue weighted by atomic mass is 16.6. The van der Waals surface area contributed by atoms with Crippen LogP contribution >= 0.6 is 0 Å². The molecule has 2 heterocycles. The van der Waals surface area contributed by atoms with Crippen LogP contribution in [-0.2, 0) is 4.74 Å². The monoisotopic (exact) mass is 322 g/mol. The number of nitrogens with zero attached hydrogens (tertiary/aromatic N) is 3. The zero-order valence-electron chi connectivity index (χ0n) is 14.3. The topological polar surface area (TPSA) is 76.6 Å². The van der Waals surface area contributed by atoms with Crippen molar-refractivity contribution in [3.05, 3.63) is 12.4 Å². The predicted molar refractivity (Wildman–Crippen MR) is 87.8 cm³/mol. The summed E-state index contributed by atoms with van der Waals surface area (Å²) in [5.41, 5.74) is -0.471. The third-order valence-electron chi connectivity index (χ3n) is 3.46. The summed E-state index contributed by atoms with van der Waals surface area (Å²) in [5.74, 6) is 1.45. The minimum Gasteiger partial charge on any atom is -0.478 e. The Bertz CT molecular complexity index is 522. The number of hydrogen-bond donors (Lipinski definition) is 1. The van der Waals surface area contributed by atoms with Gasteiger partial charge in [0.05, 0.1) is 6.61 Å². The Morgan fingerprint density at radius 2 is 2.04 bits per heavy atom. The SMILES string of the molecule is CCOc1cc(N2CCC(NC(=O)OC(C)(C)C)CC2)ncn1. The average molecular weight is 322 g/mol. The first-order valence-corrected chi connectivity index (χ1v) is 8.06. The van der Waals surface area contributed by atoms with Gasteiger partial charge in [0.15, 0.2) is 0 Å². The van der Waals surface area contributed by atoms with Crippen LogP contribution in [0.4, 0.5) is 10.6 Å². The molecule has 0 unspecified atom stereocenters. The first kappa shape index (κ1) is 17.3. The van der Waals surface area contributed by atoms with Crippen molar-refractivity contribution in [2.75, 3.05) is 24.6 Å². The van der Waals surface area contributed by atoms with Gasteiger partial charge in [0.2, 0.25) is 5.88 Å². The summed E-state index contributed by atoms with van der Waals surface area (Å²) in [5, 5.41) is 2.93. The van der Waals surface area contributed by atoms with Crippen molar-refractivity contribution in [1.82, 2.24) is 15.3 Å². The molecule has 1 N–H and O–H groups in total. The fourth-order valence-corrected chi connectivity index (χ4v) is 2.46. The van der Waals surface area contributed by atoms with Crippen LogP contribution in [0.2, 0.25) is 0 Å². The highest BCUT2D eigenvalue weighted by molar-refractivity contribution is 5.68. The largest absolute Gasteiger partial charge is 0.478 e. The lowest BCUT2D eigenvalue weighted by Gasteiger charge is -2.33. The second-order valence-corrected chi connectivity index (χ2v) is 6.56. The number of nitrogens with one attached hydrogen (secondary N) is 1. The van der Waals surface area contributed by atoms with Crippen molar-refractivity contribution in [3.8, 4) is 5.88 Å². The third-order valence-corrected chi connectivity index (χ3v) is 3.46. The van der Waals surface area contributed by atoms with Crippen LogP contribution in [0.5, 0.6) is 5.88 Å². The number of carbonyl (C=O) groups excluding carboxylic acids is 1. The van der Waals surface area contributed by atoms with Crippen molar-refractivity contribution in [3.63, 3.8) is 0 Å². The van der Waals surface area contributed by atoms with Gasteiger partial charge in [0.1, 0.15) is 17.7 Å². The summed E-state index contributed by atoms with van der Waals surface area (Å²) >= 11 is 0. The zero-order valence-corrected chi connectivity index (χ0v) is 14.3. The van der Waals surface area contributed by atoms with Crippen molar-refractivity contribution in [1.29, 1.82) is 0 Å². The number of rotatable bonds is 4. The van der Waals surface area contributed by atoms with E-state index in [4.69, 9.17) is 9.47 Å². The second kappa shape index (κ2) is 7.48. The quantitative estimate of drug-likeness (QED) is 0.917. The maximum Gasteiger partial charge on any atom is 0.407 e. The van der Waals surface area contributed by atoms with Gasteiger partial charge in [0, 0.05) is 25.2 Å². The van der Waals surface area contributed by atoms with Gasteiger partial charge >= 0.3 is 6.09 Å². The molecule has 7 nitrogen and oxygen atoms in total. The number of alkyl carbamates (subject to hydrolysis) is 1. The van der Waals surface area contributed by atoms with E-state index in [1.807, 2.05) is 33.8 Å². The van der Waals surface area contributed by atoms with Crippen molar-refractivity contribution >= 4 is 11.9 Å². The molecule has 1 saturated heterocycles. The van der Waals surface area contributed by atoms with Crippen LogP contribution in [0.1, 0.15) is 40.5 Å². The first-order chi connectivity index (χ1) is 10.9. The molecule has 0 radical (unpaired) electrons. The Morgan fingerprint density at radius 3 is 2.65 bits per heavy atom. The number of piperidine rings is 1. The maximum absolute atomic E-state index is 11.8. The van der Waals surface area contributed by atoms with Crippen LogP contribution in [0.15, 0.2) is 12.4 Å². The summed E-state index contributed by atoms with van der Waals surface area (Å²) in [6.45, 7) is 9.74. The number of ether oxygens (including phenoxy) is 2. The zero-order chi connectivity index (χ0) is 16.9. The Morgan fingerprint density at radius 1 is 1.35 bits per heavy atom. The molecule has 0 atom stereocenters. The van der Waals surface area contributed by atoms with Gasteiger partial charge in [-0.1, -0.05) is 0 Å². The van der Waals surface area contributed by atoms with Gasteiger partial charge in [-0.25, -0.2) is 14.8 Å². The van der Waals surface area contributed by atoms with Gasteiger partial charge in [-0.2, -0.15) is 0 Å². The molecule has 0 aromatic carbocycles. The van der Waals surface area contributed by atoms with E-state index in [2.05, 4.69) is 20.2 Å². The van der Waals surface area contributed by atoms with Crippen LogP contribution in [0.25, 0.3) is 0 Å². The average Bonchev–Trinajstić information content (AvgIpc) is 2.46. The summed E-state index contributed by atoms with van der Waals surface area (Å²) in [6.07, 6.45) is 2.88.